The predicted octanol–water partition coefficient (Wildman–Crippen LogP) is -1.08. The number of nitrogens with two attached hydrogens (primary N) is 1. The number of aliphatic carboxylic acids is 2. The minimum atomic E-state index is -1.53. The number of fused-ring (bicyclic) bond motifs is 2. The second-order valence-corrected chi connectivity index (χ2v) is 12.8. The summed E-state index contributed by atoms with van der Waals surface area (Å²) in [6, 6.07) is 2.64. The molecule has 3 atom stereocenters. The number of imidazole rings is 1. The molecule has 0 saturated carbocycles. The van der Waals surface area contributed by atoms with Crippen LogP contribution in [0.2, 0.25) is 4.34 Å². The van der Waals surface area contributed by atoms with Gasteiger partial charge in [-0.3, -0.25) is 14.5 Å². The first-order chi connectivity index (χ1) is 21.5. The number of β-lactam (4-membered cyclic amide) rings is 1. The predicted molar refractivity (Wildman–Crippen MR) is 162 cm³/mol. The van der Waals surface area contributed by atoms with Crippen LogP contribution in [0.3, 0.4) is 0 Å². The maximum absolute atomic E-state index is 13.3. The Labute approximate surface area is 268 Å². The van der Waals surface area contributed by atoms with Crippen LogP contribution in [-0.4, -0.2) is 90.9 Å². The summed E-state index contributed by atoms with van der Waals surface area (Å²) in [6.45, 7) is 2.94. The number of carboxylic acids is 2. The Morgan fingerprint density at radius 2 is 2.18 bits per heavy atom. The summed E-state index contributed by atoms with van der Waals surface area (Å²) >= 11 is 8.28. The lowest BCUT2D eigenvalue weighted by atomic mass is 10.0. The lowest BCUT2D eigenvalue weighted by molar-refractivity contribution is -0.664. The third kappa shape index (κ3) is 6.44. The molecule has 0 aromatic carbocycles. The Kier molecular flexibility index (Phi) is 9.56. The number of halogens is 1. The second kappa shape index (κ2) is 13.4. The molecule has 1 fully saturated rings. The Hall–Kier alpha value is -4.26. The first kappa shape index (κ1) is 32.1. The van der Waals surface area contributed by atoms with Gasteiger partial charge in [0, 0.05) is 17.9 Å². The van der Waals surface area contributed by atoms with Gasteiger partial charge in [-0.05, 0) is 44.1 Å². The van der Waals surface area contributed by atoms with E-state index < -0.39 is 47.0 Å². The minimum Gasteiger partial charge on any atom is -0.543 e. The van der Waals surface area contributed by atoms with Crippen LogP contribution >= 0.6 is 34.7 Å². The highest BCUT2D eigenvalue weighted by molar-refractivity contribution is 8.00. The third-order valence-electron chi connectivity index (χ3n) is 7.06. The zero-order valence-electron chi connectivity index (χ0n) is 23.9. The van der Waals surface area contributed by atoms with Crippen LogP contribution in [0.4, 0.5) is 5.13 Å². The summed E-state index contributed by atoms with van der Waals surface area (Å²) in [5.74, 6) is -4.27. The van der Waals surface area contributed by atoms with Crippen molar-refractivity contribution >= 4 is 80.5 Å². The van der Waals surface area contributed by atoms with E-state index in [1.165, 1.54) is 18.7 Å². The van der Waals surface area contributed by atoms with Gasteiger partial charge in [0.25, 0.3) is 11.8 Å². The van der Waals surface area contributed by atoms with Gasteiger partial charge < -0.3 is 40.8 Å². The molecule has 238 valence electrons. The highest BCUT2D eigenvalue weighted by atomic mass is 35.5. The van der Waals surface area contributed by atoms with Crippen molar-refractivity contribution in [3.05, 3.63) is 46.0 Å². The van der Waals surface area contributed by atoms with Crippen LogP contribution < -0.4 is 26.0 Å². The SMILES string of the molecule is CNCCCn1cnc2c1ccc[n+]2CC1=C(C(=O)[O-])N2C(=O)C(NC(=O)/C(=N\O[C@@H](C)C(=O)O)c3nc(N)sc3Cl)[C@H]2SC1. The van der Waals surface area contributed by atoms with Crippen molar-refractivity contribution in [2.24, 2.45) is 5.16 Å². The Balaban J connectivity index is 1.36. The molecule has 0 radical (unpaired) electrons. The summed E-state index contributed by atoms with van der Waals surface area (Å²) in [5.41, 5.74) is 6.75. The first-order valence-corrected chi connectivity index (χ1v) is 15.8. The molecular weight excluding hydrogens is 650 g/mol. The molecule has 45 heavy (non-hydrogen) atoms. The summed E-state index contributed by atoms with van der Waals surface area (Å²) < 4.78 is 3.83. The molecule has 5 rings (SSSR count). The van der Waals surface area contributed by atoms with Crippen LogP contribution in [0.1, 0.15) is 19.0 Å². The van der Waals surface area contributed by atoms with Gasteiger partial charge >= 0.3 is 11.6 Å². The molecule has 2 aliphatic heterocycles. The third-order valence-corrected chi connectivity index (χ3v) is 9.48. The van der Waals surface area contributed by atoms with Gasteiger partial charge in [-0.2, -0.15) is 0 Å². The van der Waals surface area contributed by atoms with Crippen molar-refractivity contribution in [3.63, 3.8) is 0 Å². The molecule has 1 unspecified atom stereocenters. The fourth-order valence-electron chi connectivity index (χ4n) is 4.85. The van der Waals surface area contributed by atoms with Gasteiger partial charge in [0.1, 0.15) is 33.5 Å². The van der Waals surface area contributed by atoms with Crippen molar-refractivity contribution in [2.75, 3.05) is 25.1 Å². The van der Waals surface area contributed by atoms with E-state index in [4.69, 9.17) is 27.3 Å². The van der Waals surface area contributed by atoms with E-state index in [9.17, 15) is 24.3 Å². The van der Waals surface area contributed by atoms with E-state index in [0.717, 1.165) is 41.3 Å². The molecule has 16 nitrogen and oxygen atoms in total. The molecule has 0 spiro atoms. The average Bonchev–Trinajstić information content (AvgIpc) is 3.57. The van der Waals surface area contributed by atoms with Gasteiger partial charge in [0.15, 0.2) is 10.8 Å². The van der Waals surface area contributed by atoms with Gasteiger partial charge in [-0.1, -0.05) is 28.1 Å². The zero-order valence-corrected chi connectivity index (χ0v) is 26.3. The zero-order chi connectivity index (χ0) is 32.4. The normalized spacial score (nSPS) is 18.9. The summed E-state index contributed by atoms with van der Waals surface area (Å²) in [5, 5.41) is 30.0. The number of aromatic nitrogens is 4. The number of pyridine rings is 1. The highest BCUT2D eigenvalue weighted by Gasteiger charge is 2.53. The number of anilines is 1. The second-order valence-electron chi connectivity index (χ2n) is 10.0. The summed E-state index contributed by atoms with van der Waals surface area (Å²) in [4.78, 5) is 64.7. The lowest BCUT2D eigenvalue weighted by Gasteiger charge is -2.50. The minimum absolute atomic E-state index is 0.0104. The molecule has 3 aromatic heterocycles. The highest BCUT2D eigenvalue weighted by Crippen LogP contribution is 2.40. The number of carboxylic acid groups (broad SMARTS) is 2. The van der Waals surface area contributed by atoms with E-state index in [1.54, 1.807) is 12.5 Å². The van der Waals surface area contributed by atoms with E-state index in [1.807, 2.05) is 28.3 Å². The van der Waals surface area contributed by atoms with E-state index >= 15 is 0 Å². The quantitative estimate of drug-likeness (QED) is 0.0558. The smallest absolute Gasteiger partial charge is 0.349 e. The molecule has 0 bridgehead atoms. The molecule has 19 heteroatoms. The maximum atomic E-state index is 13.3. The number of nitrogens with zero attached hydrogens (tertiary/aromatic N) is 6. The molecular formula is C26H28ClN9O7S2. The van der Waals surface area contributed by atoms with E-state index in [2.05, 4.69) is 25.8 Å². The van der Waals surface area contributed by atoms with E-state index in [-0.39, 0.29) is 33.2 Å². The molecule has 3 aromatic rings. The van der Waals surface area contributed by atoms with Crippen LogP contribution in [-0.2, 0) is 37.1 Å². The fraction of sp³-hybridized carbons (Fsp3) is 0.385. The molecule has 2 aliphatic rings. The Morgan fingerprint density at radius 1 is 1.40 bits per heavy atom. The largest absolute Gasteiger partial charge is 0.543 e. The van der Waals surface area contributed by atoms with Crippen LogP contribution in [0.15, 0.2) is 41.1 Å². The van der Waals surface area contributed by atoms with Gasteiger partial charge in [-0.15, -0.1) is 11.8 Å². The topological polar surface area (TPSA) is 221 Å². The number of oxime groups is 1. The number of amides is 2. The molecule has 5 heterocycles. The molecule has 5 N–H and O–H groups in total. The monoisotopic (exact) mass is 677 g/mol. The van der Waals surface area contributed by atoms with Crippen LogP contribution in [0, 0.1) is 0 Å². The standard InChI is InChI=1S/C26H28ClN9O7S2/c1-12(24(39)40)43-33-16(15-19(27)45-26(28)32-15)21(37)31-17-22(38)36-18(25(41)42)13(10-44-23(17)36)9-34-7-3-5-14-20(34)30-11-35(14)8-4-6-29-2/h3,5,7,11-12,17,23,29H,4,6,8-10H2,1-2H3,(H4-,28,31,32,37,39,40,41,42)/b33-16-/t12-,17?,23+/m0/s1. The summed E-state index contributed by atoms with van der Waals surface area (Å²) in [7, 11) is 1.88. The van der Waals surface area contributed by atoms with Crippen molar-refractivity contribution in [2.45, 2.75) is 44.0 Å². The number of thioether (sulfide) groups is 1. The first-order valence-electron chi connectivity index (χ1n) is 13.6. The number of nitrogens with one attached hydrogen (secondary N) is 2. The van der Waals surface area contributed by atoms with Crippen molar-refractivity contribution in [1.29, 1.82) is 0 Å². The van der Waals surface area contributed by atoms with Gasteiger partial charge in [-0.25, -0.2) is 14.3 Å². The Morgan fingerprint density at radius 3 is 2.84 bits per heavy atom. The number of carbonyl (C=O) groups excluding carboxylic acids is 3. The van der Waals surface area contributed by atoms with Crippen molar-refractivity contribution < 1.29 is 38.8 Å². The summed E-state index contributed by atoms with van der Waals surface area (Å²) in [6.07, 6.45) is 3.01. The fourth-order valence-corrected chi connectivity index (χ4v) is 7.12. The molecule has 0 aliphatic carbocycles. The van der Waals surface area contributed by atoms with Gasteiger partial charge in [0.2, 0.25) is 12.4 Å². The van der Waals surface area contributed by atoms with Gasteiger partial charge in [0.05, 0.1) is 17.9 Å². The van der Waals surface area contributed by atoms with Crippen LogP contribution in [0.25, 0.3) is 11.2 Å². The number of carbonyl (C=O) groups is 4. The van der Waals surface area contributed by atoms with Crippen molar-refractivity contribution in [3.8, 4) is 0 Å². The number of hydrogen-bond acceptors (Lipinski definition) is 13. The molecule has 1 saturated heterocycles. The molecule has 2 amide bonds. The Bertz CT molecular complexity index is 1740. The van der Waals surface area contributed by atoms with Crippen LogP contribution in [0.5, 0.6) is 0 Å². The average molecular weight is 678 g/mol. The van der Waals surface area contributed by atoms with E-state index in [0.29, 0.717) is 11.2 Å². The number of rotatable bonds is 13. The number of nitrogen functional groups attached to an aromatic ring is 1. The lowest BCUT2D eigenvalue weighted by Crippen LogP contribution is -2.71. The number of hydrogen-bond donors (Lipinski definition) is 4. The van der Waals surface area contributed by atoms with Crippen molar-refractivity contribution in [1.82, 2.24) is 30.1 Å². The number of aryl methyl sites for hydroxylation is 1. The maximum Gasteiger partial charge on any atom is 0.349 e. The number of thiazole rings is 1.